The van der Waals surface area contributed by atoms with Crippen molar-refractivity contribution in [3.8, 4) is 0 Å². The Kier molecular flexibility index (Phi) is 3.93. The Morgan fingerprint density at radius 1 is 1.29 bits per heavy atom. The van der Waals surface area contributed by atoms with Crippen molar-refractivity contribution in [2.45, 2.75) is 33.6 Å². The van der Waals surface area contributed by atoms with Gasteiger partial charge in [-0.1, -0.05) is 20.8 Å². The van der Waals surface area contributed by atoms with Crippen LogP contribution in [0.1, 0.15) is 33.6 Å². The SMILES string of the molecule is CC(C)(C)CCC(=O)N1CCNCC1. The topological polar surface area (TPSA) is 32.3 Å². The number of amides is 1. The Labute approximate surface area is 86.9 Å². The lowest BCUT2D eigenvalue weighted by Crippen LogP contribution is -2.46. The van der Waals surface area contributed by atoms with Crippen molar-refractivity contribution in [3.63, 3.8) is 0 Å². The molecule has 0 aromatic heterocycles. The Bertz CT molecular complexity index is 190. The summed E-state index contributed by atoms with van der Waals surface area (Å²) < 4.78 is 0. The Morgan fingerprint density at radius 3 is 2.36 bits per heavy atom. The second-order valence-corrected chi connectivity index (χ2v) is 5.19. The van der Waals surface area contributed by atoms with Crippen LogP contribution in [-0.2, 0) is 4.79 Å². The van der Waals surface area contributed by atoms with Gasteiger partial charge < -0.3 is 10.2 Å². The predicted molar refractivity (Wildman–Crippen MR) is 58.1 cm³/mol. The molecule has 1 N–H and O–H groups in total. The van der Waals surface area contributed by atoms with Crippen LogP contribution in [0.15, 0.2) is 0 Å². The van der Waals surface area contributed by atoms with Gasteiger partial charge in [0.1, 0.15) is 0 Å². The van der Waals surface area contributed by atoms with Crippen molar-refractivity contribution < 1.29 is 4.79 Å². The summed E-state index contributed by atoms with van der Waals surface area (Å²) in [5.41, 5.74) is 0.268. The zero-order valence-electron chi connectivity index (χ0n) is 9.60. The molecule has 1 rings (SSSR count). The van der Waals surface area contributed by atoms with Crippen molar-refractivity contribution in [2.75, 3.05) is 26.2 Å². The Morgan fingerprint density at radius 2 is 1.86 bits per heavy atom. The molecule has 14 heavy (non-hydrogen) atoms. The first kappa shape index (κ1) is 11.5. The average molecular weight is 198 g/mol. The summed E-state index contributed by atoms with van der Waals surface area (Å²) in [6.45, 7) is 10.2. The Balaban J connectivity index is 2.27. The molecule has 0 radical (unpaired) electrons. The van der Waals surface area contributed by atoms with Crippen LogP contribution in [-0.4, -0.2) is 37.0 Å². The van der Waals surface area contributed by atoms with Crippen molar-refractivity contribution in [3.05, 3.63) is 0 Å². The molecule has 1 aliphatic heterocycles. The molecule has 0 bridgehead atoms. The van der Waals surface area contributed by atoms with E-state index in [-0.39, 0.29) is 5.41 Å². The highest BCUT2D eigenvalue weighted by Crippen LogP contribution is 2.21. The maximum absolute atomic E-state index is 11.7. The second kappa shape index (κ2) is 4.78. The van der Waals surface area contributed by atoms with E-state index in [1.54, 1.807) is 0 Å². The van der Waals surface area contributed by atoms with Gasteiger partial charge in [-0.2, -0.15) is 0 Å². The van der Waals surface area contributed by atoms with Crippen molar-refractivity contribution in [2.24, 2.45) is 5.41 Å². The van der Waals surface area contributed by atoms with E-state index in [9.17, 15) is 4.79 Å². The van der Waals surface area contributed by atoms with E-state index in [0.717, 1.165) is 32.6 Å². The lowest BCUT2D eigenvalue weighted by Gasteiger charge is -2.28. The quantitative estimate of drug-likeness (QED) is 0.724. The fraction of sp³-hybridized carbons (Fsp3) is 0.909. The smallest absolute Gasteiger partial charge is 0.222 e. The first-order valence-electron chi connectivity index (χ1n) is 5.47. The molecule has 0 unspecified atom stereocenters. The summed E-state index contributed by atoms with van der Waals surface area (Å²) in [6.07, 6.45) is 1.68. The van der Waals surface area contributed by atoms with E-state index in [1.807, 2.05) is 4.90 Å². The van der Waals surface area contributed by atoms with E-state index < -0.39 is 0 Å². The van der Waals surface area contributed by atoms with Crippen LogP contribution in [0.2, 0.25) is 0 Å². The van der Waals surface area contributed by atoms with Gasteiger partial charge in [-0.3, -0.25) is 4.79 Å². The molecule has 1 amide bonds. The molecule has 0 aromatic rings. The number of hydrogen-bond acceptors (Lipinski definition) is 2. The van der Waals surface area contributed by atoms with Gasteiger partial charge in [-0.05, 0) is 11.8 Å². The Hall–Kier alpha value is -0.570. The summed E-state index contributed by atoms with van der Waals surface area (Å²) in [5.74, 6) is 0.321. The fourth-order valence-corrected chi connectivity index (χ4v) is 1.55. The highest BCUT2D eigenvalue weighted by Gasteiger charge is 2.18. The molecular formula is C11H22N2O. The maximum atomic E-state index is 11.7. The molecule has 1 heterocycles. The number of carbonyl (C=O) groups excluding carboxylic acids is 1. The zero-order chi connectivity index (χ0) is 10.6. The van der Waals surface area contributed by atoms with Gasteiger partial charge in [0, 0.05) is 32.6 Å². The van der Waals surface area contributed by atoms with Gasteiger partial charge in [0.25, 0.3) is 0 Å². The second-order valence-electron chi connectivity index (χ2n) is 5.19. The number of hydrogen-bond donors (Lipinski definition) is 1. The maximum Gasteiger partial charge on any atom is 0.222 e. The molecule has 0 saturated carbocycles. The molecule has 3 nitrogen and oxygen atoms in total. The molecular weight excluding hydrogens is 176 g/mol. The molecule has 1 aliphatic rings. The number of nitrogens with zero attached hydrogens (tertiary/aromatic N) is 1. The average Bonchev–Trinajstić information content (AvgIpc) is 2.14. The van der Waals surface area contributed by atoms with Crippen LogP contribution in [0.4, 0.5) is 0 Å². The van der Waals surface area contributed by atoms with Crippen LogP contribution >= 0.6 is 0 Å². The van der Waals surface area contributed by atoms with E-state index in [0.29, 0.717) is 12.3 Å². The van der Waals surface area contributed by atoms with Gasteiger partial charge >= 0.3 is 0 Å². The third-order valence-corrected chi connectivity index (χ3v) is 2.56. The van der Waals surface area contributed by atoms with Crippen molar-refractivity contribution in [1.29, 1.82) is 0 Å². The minimum atomic E-state index is 0.268. The van der Waals surface area contributed by atoms with Crippen molar-refractivity contribution >= 4 is 5.91 Å². The third-order valence-electron chi connectivity index (χ3n) is 2.56. The van der Waals surface area contributed by atoms with Gasteiger partial charge in [0.2, 0.25) is 5.91 Å². The number of carbonyl (C=O) groups is 1. The molecule has 0 spiro atoms. The first-order chi connectivity index (χ1) is 6.49. The van der Waals surface area contributed by atoms with Crippen LogP contribution < -0.4 is 5.32 Å². The highest BCUT2D eigenvalue weighted by molar-refractivity contribution is 5.76. The summed E-state index contributed by atoms with van der Waals surface area (Å²) in [5, 5.41) is 3.25. The molecule has 1 fully saturated rings. The van der Waals surface area contributed by atoms with Crippen LogP contribution in [0.5, 0.6) is 0 Å². The normalized spacial score (nSPS) is 18.4. The van der Waals surface area contributed by atoms with Gasteiger partial charge in [-0.15, -0.1) is 0 Å². The standard InChI is InChI=1S/C11H22N2O/c1-11(2,3)5-4-10(14)13-8-6-12-7-9-13/h12H,4-9H2,1-3H3. The molecule has 82 valence electrons. The summed E-state index contributed by atoms with van der Waals surface area (Å²) in [6, 6.07) is 0. The molecule has 0 aliphatic carbocycles. The van der Waals surface area contributed by atoms with Crippen molar-refractivity contribution in [1.82, 2.24) is 10.2 Å². The monoisotopic (exact) mass is 198 g/mol. The minimum absolute atomic E-state index is 0.268. The number of nitrogens with one attached hydrogen (secondary N) is 1. The molecule has 1 saturated heterocycles. The van der Waals surface area contributed by atoms with Crippen LogP contribution in [0.3, 0.4) is 0 Å². The molecule has 0 atom stereocenters. The molecule has 3 heteroatoms. The van der Waals surface area contributed by atoms with Gasteiger partial charge in [0.05, 0.1) is 0 Å². The third kappa shape index (κ3) is 4.09. The largest absolute Gasteiger partial charge is 0.340 e. The summed E-state index contributed by atoms with van der Waals surface area (Å²) in [4.78, 5) is 13.7. The van der Waals surface area contributed by atoms with E-state index in [2.05, 4.69) is 26.1 Å². The van der Waals surface area contributed by atoms with Crippen LogP contribution in [0.25, 0.3) is 0 Å². The minimum Gasteiger partial charge on any atom is -0.340 e. The lowest BCUT2D eigenvalue weighted by atomic mass is 9.90. The summed E-state index contributed by atoms with van der Waals surface area (Å²) in [7, 11) is 0. The van der Waals surface area contributed by atoms with E-state index in [4.69, 9.17) is 0 Å². The number of piperazine rings is 1. The zero-order valence-corrected chi connectivity index (χ0v) is 9.60. The first-order valence-corrected chi connectivity index (χ1v) is 5.47. The van der Waals surface area contributed by atoms with Gasteiger partial charge in [-0.25, -0.2) is 0 Å². The fourth-order valence-electron chi connectivity index (χ4n) is 1.55. The number of rotatable bonds is 2. The molecule has 0 aromatic carbocycles. The lowest BCUT2D eigenvalue weighted by molar-refractivity contribution is -0.132. The predicted octanol–water partition coefficient (Wildman–Crippen LogP) is 1.24. The van der Waals surface area contributed by atoms with E-state index in [1.165, 1.54) is 0 Å². The van der Waals surface area contributed by atoms with Crippen LogP contribution in [0, 0.1) is 5.41 Å². The van der Waals surface area contributed by atoms with E-state index >= 15 is 0 Å². The van der Waals surface area contributed by atoms with Gasteiger partial charge in [0.15, 0.2) is 0 Å². The highest BCUT2D eigenvalue weighted by atomic mass is 16.2. The summed E-state index contributed by atoms with van der Waals surface area (Å²) >= 11 is 0.